The van der Waals surface area contributed by atoms with Crippen LogP contribution in [-0.4, -0.2) is 20.6 Å². The van der Waals surface area contributed by atoms with Crippen molar-refractivity contribution >= 4 is 21.4 Å². The van der Waals surface area contributed by atoms with Crippen LogP contribution in [0.4, 0.5) is 5.69 Å². The summed E-state index contributed by atoms with van der Waals surface area (Å²) in [4.78, 5) is 12.8. The maximum Gasteiger partial charge on any atom is 0.231 e. The monoisotopic (exact) mass is 331 g/mol. The van der Waals surface area contributed by atoms with Gasteiger partial charge in [-0.3, -0.25) is 4.79 Å². The molecule has 2 rings (SSSR count). The molecule has 0 aliphatic rings. The summed E-state index contributed by atoms with van der Waals surface area (Å²) in [6.45, 7) is 3.79. The molecule has 122 valence electrons. The molecule has 0 aliphatic carbocycles. The summed E-state index contributed by atoms with van der Waals surface area (Å²) in [5.41, 5.74) is 2.31. The average molecular weight is 331 g/mol. The van der Waals surface area contributed by atoms with E-state index in [1.165, 1.54) is 6.07 Å². The van der Waals surface area contributed by atoms with Gasteiger partial charge in [-0.05, 0) is 36.6 Å². The van der Waals surface area contributed by atoms with E-state index in [1.807, 2.05) is 44.2 Å². The molecule has 0 fully saturated rings. The first-order valence-corrected chi connectivity index (χ1v) is 9.38. The normalized spacial score (nSPS) is 12.7. The zero-order valence-corrected chi connectivity index (χ0v) is 14.4. The zero-order valence-electron chi connectivity index (χ0n) is 13.5. The van der Waals surface area contributed by atoms with E-state index in [-0.39, 0.29) is 16.7 Å². The molecule has 1 atom stereocenters. The summed E-state index contributed by atoms with van der Waals surface area (Å²) in [5, 5.41) is 2.87. The first-order valence-electron chi connectivity index (χ1n) is 7.49. The first-order chi connectivity index (χ1) is 10.8. The van der Waals surface area contributed by atoms with Gasteiger partial charge in [-0.1, -0.05) is 43.3 Å². The first kappa shape index (κ1) is 17.2. The average Bonchev–Trinajstić information content (AvgIpc) is 2.50. The Kier molecular flexibility index (Phi) is 5.21. The van der Waals surface area contributed by atoms with Gasteiger partial charge in [-0.2, -0.15) is 0 Å². The van der Waals surface area contributed by atoms with E-state index < -0.39 is 9.84 Å². The summed E-state index contributed by atoms with van der Waals surface area (Å²) in [5.74, 6) is -0.398. The van der Waals surface area contributed by atoms with Crippen LogP contribution in [0.3, 0.4) is 0 Å². The van der Waals surface area contributed by atoms with Gasteiger partial charge in [0, 0.05) is 11.9 Å². The summed E-state index contributed by atoms with van der Waals surface area (Å²) >= 11 is 0. The lowest BCUT2D eigenvalue weighted by Gasteiger charge is -2.17. The molecule has 0 aliphatic heterocycles. The molecule has 4 nitrogen and oxygen atoms in total. The van der Waals surface area contributed by atoms with Crippen LogP contribution >= 0.6 is 0 Å². The van der Waals surface area contributed by atoms with Crippen LogP contribution in [0, 0.1) is 6.92 Å². The van der Waals surface area contributed by atoms with Crippen molar-refractivity contribution in [1.29, 1.82) is 0 Å². The van der Waals surface area contributed by atoms with Gasteiger partial charge in [0.25, 0.3) is 0 Å². The highest BCUT2D eigenvalue weighted by Crippen LogP contribution is 2.24. The highest BCUT2D eigenvalue weighted by atomic mass is 32.2. The van der Waals surface area contributed by atoms with Gasteiger partial charge in [0.2, 0.25) is 5.91 Å². The molecule has 0 heterocycles. The Morgan fingerprint density at radius 3 is 2.35 bits per heavy atom. The standard InChI is InChI=1S/C18H21NO3S/c1-4-16(14-8-6-5-7-9-14)18(20)19-17-12-15(23(3,21)22)11-10-13(17)2/h5-12,16H,4H2,1-3H3,(H,19,20). The maximum absolute atomic E-state index is 12.6. The number of anilines is 1. The highest BCUT2D eigenvalue weighted by Gasteiger charge is 2.19. The second-order valence-corrected chi connectivity index (χ2v) is 7.63. The molecule has 1 N–H and O–H groups in total. The molecule has 0 saturated carbocycles. The van der Waals surface area contributed by atoms with Crippen molar-refractivity contribution in [3.63, 3.8) is 0 Å². The largest absolute Gasteiger partial charge is 0.325 e. The summed E-state index contributed by atoms with van der Waals surface area (Å²) < 4.78 is 23.4. The van der Waals surface area contributed by atoms with Crippen LogP contribution in [-0.2, 0) is 14.6 Å². The predicted octanol–water partition coefficient (Wildman–Crippen LogP) is 3.53. The van der Waals surface area contributed by atoms with E-state index in [1.54, 1.807) is 12.1 Å². The molecular weight excluding hydrogens is 310 g/mol. The SMILES string of the molecule is CCC(C(=O)Nc1cc(S(C)(=O)=O)ccc1C)c1ccccc1. The van der Waals surface area contributed by atoms with E-state index in [4.69, 9.17) is 0 Å². The van der Waals surface area contributed by atoms with Gasteiger partial charge in [0.1, 0.15) is 0 Å². The molecule has 1 unspecified atom stereocenters. The van der Waals surface area contributed by atoms with E-state index >= 15 is 0 Å². The Bertz CT molecular complexity index is 798. The number of aryl methyl sites for hydroxylation is 1. The minimum Gasteiger partial charge on any atom is -0.325 e. The highest BCUT2D eigenvalue weighted by molar-refractivity contribution is 7.90. The molecule has 2 aromatic carbocycles. The van der Waals surface area contributed by atoms with E-state index in [2.05, 4.69) is 5.32 Å². The van der Waals surface area contributed by atoms with Crippen LogP contribution in [0.2, 0.25) is 0 Å². The maximum atomic E-state index is 12.6. The smallest absolute Gasteiger partial charge is 0.231 e. The zero-order chi connectivity index (χ0) is 17.0. The fourth-order valence-electron chi connectivity index (χ4n) is 2.44. The Hall–Kier alpha value is -2.14. The van der Waals surface area contributed by atoms with Crippen molar-refractivity contribution in [2.45, 2.75) is 31.1 Å². The van der Waals surface area contributed by atoms with Crippen LogP contribution in [0.5, 0.6) is 0 Å². The Morgan fingerprint density at radius 1 is 1.13 bits per heavy atom. The summed E-state index contributed by atoms with van der Waals surface area (Å²) in [6, 6.07) is 14.3. The van der Waals surface area contributed by atoms with Crippen LogP contribution in [0.1, 0.15) is 30.4 Å². The molecule has 5 heteroatoms. The fraction of sp³-hybridized carbons (Fsp3) is 0.278. The molecule has 23 heavy (non-hydrogen) atoms. The number of benzene rings is 2. The van der Waals surface area contributed by atoms with Gasteiger partial charge >= 0.3 is 0 Å². The molecular formula is C18H21NO3S. The number of carbonyl (C=O) groups excluding carboxylic acids is 1. The van der Waals surface area contributed by atoms with E-state index in [9.17, 15) is 13.2 Å². The van der Waals surface area contributed by atoms with Crippen molar-refractivity contribution in [1.82, 2.24) is 0 Å². The van der Waals surface area contributed by atoms with Crippen LogP contribution in [0.25, 0.3) is 0 Å². The number of sulfone groups is 1. The Labute approximate surface area is 137 Å². The van der Waals surface area contributed by atoms with Gasteiger partial charge < -0.3 is 5.32 Å². The number of nitrogens with one attached hydrogen (secondary N) is 1. The number of amides is 1. The molecule has 0 spiro atoms. The third-order valence-electron chi connectivity index (χ3n) is 3.82. The third-order valence-corrected chi connectivity index (χ3v) is 4.93. The minimum atomic E-state index is -3.31. The lowest BCUT2D eigenvalue weighted by atomic mass is 9.95. The molecule has 0 saturated heterocycles. The lowest BCUT2D eigenvalue weighted by molar-refractivity contribution is -0.117. The van der Waals surface area contributed by atoms with E-state index in [0.29, 0.717) is 12.1 Å². The van der Waals surface area contributed by atoms with Gasteiger partial charge in [-0.15, -0.1) is 0 Å². The van der Waals surface area contributed by atoms with Crippen LogP contribution < -0.4 is 5.32 Å². The minimum absolute atomic E-state index is 0.132. The van der Waals surface area contributed by atoms with Gasteiger partial charge in [0.15, 0.2) is 9.84 Å². The molecule has 1 amide bonds. The second kappa shape index (κ2) is 6.96. The lowest BCUT2D eigenvalue weighted by Crippen LogP contribution is -2.21. The van der Waals surface area contributed by atoms with Gasteiger partial charge in [0.05, 0.1) is 10.8 Å². The van der Waals surface area contributed by atoms with Crippen molar-refractivity contribution in [3.05, 3.63) is 59.7 Å². The van der Waals surface area contributed by atoms with Crippen LogP contribution in [0.15, 0.2) is 53.4 Å². The summed E-state index contributed by atoms with van der Waals surface area (Å²) in [7, 11) is -3.31. The Morgan fingerprint density at radius 2 is 1.78 bits per heavy atom. The fourth-order valence-corrected chi connectivity index (χ4v) is 3.09. The third kappa shape index (κ3) is 4.20. The predicted molar refractivity (Wildman–Crippen MR) is 92.4 cm³/mol. The van der Waals surface area contributed by atoms with Crippen molar-refractivity contribution in [2.75, 3.05) is 11.6 Å². The van der Waals surface area contributed by atoms with Gasteiger partial charge in [-0.25, -0.2) is 8.42 Å². The number of rotatable bonds is 5. The topological polar surface area (TPSA) is 63.2 Å². The molecule has 2 aromatic rings. The van der Waals surface area contributed by atoms with Crippen molar-refractivity contribution in [2.24, 2.45) is 0 Å². The molecule has 0 radical (unpaired) electrons. The number of hydrogen-bond donors (Lipinski definition) is 1. The Balaban J connectivity index is 2.29. The number of carbonyl (C=O) groups is 1. The van der Waals surface area contributed by atoms with Crippen molar-refractivity contribution < 1.29 is 13.2 Å². The van der Waals surface area contributed by atoms with E-state index in [0.717, 1.165) is 17.4 Å². The molecule has 0 aromatic heterocycles. The quantitative estimate of drug-likeness (QED) is 0.911. The molecule has 0 bridgehead atoms. The number of hydrogen-bond acceptors (Lipinski definition) is 3. The second-order valence-electron chi connectivity index (χ2n) is 5.61. The van der Waals surface area contributed by atoms with Crippen molar-refractivity contribution in [3.8, 4) is 0 Å². The summed E-state index contributed by atoms with van der Waals surface area (Å²) in [6.07, 6.45) is 1.82.